The van der Waals surface area contributed by atoms with Crippen LogP contribution in [0.3, 0.4) is 0 Å². The van der Waals surface area contributed by atoms with Gasteiger partial charge in [0.05, 0.1) is 12.3 Å². The Balaban J connectivity index is 1.55. The first-order valence-corrected chi connectivity index (χ1v) is 7.56. The zero-order valence-electron chi connectivity index (χ0n) is 12.5. The smallest absolute Gasteiger partial charge is 0.320 e. The van der Waals surface area contributed by atoms with Crippen LogP contribution in [0, 0.1) is 5.82 Å². The van der Waals surface area contributed by atoms with Crippen LogP contribution in [0.15, 0.2) is 48.7 Å². The van der Waals surface area contributed by atoms with Gasteiger partial charge in [0, 0.05) is 12.6 Å². The molecule has 5 nitrogen and oxygen atoms in total. The van der Waals surface area contributed by atoms with Gasteiger partial charge in [-0.25, -0.2) is 14.2 Å². The van der Waals surface area contributed by atoms with Gasteiger partial charge in [0.1, 0.15) is 11.6 Å². The lowest BCUT2D eigenvalue weighted by atomic mass is 9.97. The standard InChI is InChI=1S/C17H18FN3O2/c18-13-6-7-16(19-11-13)21-17(22)20-14-8-9-23-15(10-14)12-4-2-1-3-5-12/h1-7,11,14-15H,8-10H2,(H2,19,20,21,22)/t14-,15+/m0/s1. The number of amides is 2. The van der Waals surface area contributed by atoms with E-state index < -0.39 is 5.82 Å². The second-order valence-corrected chi connectivity index (χ2v) is 5.45. The molecule has 0 spiro atoms. The minimum Gasteiger partial charge on any atom is -0.373 e. The average molecular weight is 315 g/mol. The van der Waals surface area contributed by atoms with Crippen LogP contribution in [0.2, 0.25) is 0 Å². The first-order chi connectivity index (χ1) is 11.2. The predicted molar refractivity (Wildman–Crippen MR) is 84.5 cm³/mol. The van der Waals surface area contributed by atoms with Gasteiger partial charge in [0.15, 0.2) is 0 Å². The van der Waals surface area contributed by atoms with E-state index in [1.165, 1.54) is 12.1 Å². The largest absolute Gasteiger partial charge is 0.373 e. The fourth-order valence-corrected chi connectivity index (χ4v) is 2.62. The number of carbonyl (C=O) groups is 1. The Morgan fingerprint density at radius 3 is 2.78 bits per heavy atom. The van der Waals surface area contributed by atoms with E-state index in [4.69, 9.17) is 4.74 Å². The Morgan fingerprint density at radius 1 is 1.22 bits per heavy atom. The zero-order chi connectivity index (χ0) is 16.1. The van der Waals surface area contributed by atoms with E-state index in [-0.39, 0.29) is 18.2 Å². The Bertz CT molecular complexity index is 649. The summed E-state index contributed by atoms with van der Waals surface area (Å²) in [6.07, 6.45) is 2.52. The van der Waals surface area contributed by atoms with Crippen LogP contribution in [0.1, 0.15) is 24.5 Å². The summed E-state index contributed by atoms with van der Waals surface area (Å²) in [6.45, 7) is 0.597. The van der Waals surface area contributed by atoms with Gasteiger partial charge in [-0.3, -0.25) is 5.32 Å². The van der Waals surface area contributed by atoms with Crippen molar-refractivity contribution in [3.05, 3.63) is 60.0 Å². The molecule has 0 saturated carbocycles. The Morgan fingerprint density at radius 2 is 2.04 bits per heavy atom. The maximum absolute atomic E-state index is 12.8. The molecule has 6 heteroatoms. The van der Waals surface area contributed by atoms with Crippen LogP contribution >= 0.6 is 0 Å². The number of halogens is 1. The van der Waals surface area contributed by atoms with Crippen molar-refractivity contribution in [2.75, 3.05) is 11.9 Å². The molecule has 0 unspecified atom stereocenters. The van der Waals surface area contributed by atoms with Gasteiger partial charge in [-0.05, 0) is 30.5 Å². The van der Waals surface area contributed by atoms with Gasteiger partial charge < -0.3 is 10.1 Å². The van der Waals surface area contributed by atoms with Crippen molar-refractivity contribution in [2.45, 2.75) is 25.0 Å². The number of ether oxygens (including phenoxy) is 1. The SMILES string of the molecule is O=C(Nc1ccc(F)cn1)N[C@H]1CCO[C@@H](c2ccccc2)C1. The molecule has 2 amide bonds. The lowest BCUT2D eigenvalue weighted by Crippen LogP contribution is -2.42. The third-order valence-corrected chi connectivity index (χ3v) is 3.76. The third-order valence-electron chi connectivity index (χ3n) is 3.76. The van der Waals surface area contributed by atoms with E-state index in [1.54, 1.807) is 0 Å². The molecular formula is C17H18FN3O2. The summed E-state index contributed by atoms with van der Waals surface area (Å²) in [5.74, 6) is -0.123. The lowest BCUT2D eigenvalue weighted by molar-refractivity contribution is 0.00253. The van der Waals surface area contributed by atoms with Crippen LogP contribution in [0.4, 0.5) is 15.0 Å². The normalized spacial score (nSPS) is 20.7. The number of hydrogen-bond donors (Lipinski definition) is 2. The Hall–Kier alpha value is -2.47. The highest BCUT2D eigenvalue weighted by molar-refractivity contribution is 5.88. The minimum absolute atomic E-state index is 0.0146. The summed E-state index contributed by atoms with van der Waals surface area (Å²) < 4.78 is 18.6. The molecule has 2 N–H and O–H groups in total. The molecule has 2 atom stereocenters. The summed E-state index contributed by atoms with van der Waals surface area (Å²) in [7, 11) is 0. The minimum atomic E-state index is -0.439. The van der Waals surface area contributed by atoms with E-state index in [2.05, 4.69) is 15.6 Å². The maximum Gasteiger partial charge on any atom is 0.320 e. The number of carbonyl (C=O) groups excluding carboxylic acids is 1. The molecular weight excluding hydrogens is 297 g/mol. The van der Waals surface area contributed by atoms with Crippen molar-refractivity contribution in [1.82, 2.24) is 10.3 Å². The monoisotopic (exact) mass is 315 g/mol. The Kier molecular flexibility index (Phi) is 4.83. The van der Waals surface area contributed by atoms with Crippen molar-refractivity contribution in [3.63, 3.8) is 0 Å². The second kappa shape index (κ2) is 7.19. The van der Waals surface area contributed by atoms with Gasteiger partial charge in [-0.15, -0.1) is 0 Å². The van der Waals surface area contributed by atoms with Gasteiger partial charge in [0.25, 0.3) is 0 Å². The summed E-state index contributed by atoms with van der Waals surface area (Å²) in [5, 5.41) is 5.52. The second-order valence-electron chi connectivity index (χ2n) is 5.45. The van der Waals surface area contributed by atoms with Crippen molar-refractivity contribution in [2.24, 2.45) is 0 Å². The van der Waals surface area contributed by atoms with E-state index in [0.29, 0.717) is 18.8 Å². The Labute approximate surface area is 133 Å². The van der Waals surface area contributed by atoms with E-state index in [9.17, 15) is 9.18 Å². The number of nitrogens with zero attached hydrogens (tertiary/aromatic N) is 1. The number of aromatic nitrogens is 1. The van der Waals surface area contributed by atoms with Crippen molar-refractivity contribution < 1.29 is 13.9 Å². The fraction of sp³-hybridized carbons (Fsp3) is 0.294. The van der Waals surface area contributed by atoms with Gasteiger partial charge in [-0.1, -0.05) is 30.3 Å². The van der Waals surface area contributed by atoms with Crippen LogP contribution in [-0.2, 0) is 4.74 Å². The van der Waals surface area contributed by atoms with Crippen LogP contribution in [-0.4, -0.2) is 23.7 Å². The molecule has 0 aliphatic carbocycles. The van der Waals surface area contributed by atoms with Gasteiger partial charge >= 0.3 is 6.03 Å². The van der Waals surface area contributed by atoms with Gasteiger partial charge in [-0.2, -0.15) is 0 Å². The topological polar surface area (TPSA) is 63.2 Å². The highest BCUT2D eigenvalue weighted by Gasteiger charge is 2.25. The molecule has 23 heavy (non-hydrogen) atoms. The van der Waals surface area contributed by atoms with Crippen molar-refractivity contribution in [1.29, 1.82) is 0 Å². The predicted octanol–water partition coefficient (Wildman–Crippen LogP) is 3.26. The van der Waals surface area contributed by atoms with E-state index in [1.807, 2.05) is 30.3 Å². The molecule has 2 heterocycles. The highest BCUT2D eigenvalue weighted by atomic mass is 19.1. The van der Waals surface area contributed by atoms with E-state index in [0.717, 1.165) is 18.2 Å². The summed E-state index contributed by atoms with van der Waals surface area (Å²) in [6, 6.07) is 12.3. The van der Waals surface area contributed by atoms with Gasteiger partial charge in [0.2, 0.25) is 0 Å². The zero-order valence-corrected chi connectivity index (χ0v) is 12.5. The van der Waals surface area contributed by atoms with Crippen molar-refractivity contribution in [3.8, 4) is 0 Å². The highest BCUT2D eigenvalue weighted by Crippen LogP contribution is 2.27. The van der Waals surface area contributed by atoms with Crippen molar-refractivity contribution >= 4 is 11.8 Å². The number of rotatable bonds is 3. The molecule has 1 fully saturated rings. The first-order valence-electron chi connectivity index (χ1n) is 7.56. The fourth-order valence-electron chi connectivity index (χ4n) is 2.62. The van der Waals surface area contributed by atoms with Crippen LogP contribution < -0.4 is 10.6 Å². The van der Waals surface area contributed by atoms with E-state index >= 15 is 0 Å². The number of urea groups is 1. The number of benzene rings is 1. The molecule has 0 bridgehead atoms. The molecule has 1 saturated heterocycles. The third kappa shape index (κ3) is 4.26. The lowest BCUT2D eigenvalue weighted by Gasteiger charge is -2.30. The molecule has 1 aromatic carbocycles. The number of nitrogens with one attached hydrogen (secondary N) is 2. The summed E-state index contributed by atoms with van der Waals surface area (Å²) >= 11 is 0. The average Bonchev–Trinajstić information content (AvgIpc) is 2.58. The molecule has 3 rings (SSSR count). The number of pyridine rings is 1. The molecule has 0 radical (unpaired) electrons. The molecule has 1 aliphatic rings. The first kappa shape index (κ1) is 15.4. The van der Waals surface area contributed by atoms with Crippen LogP contribution in [0.5, 0.6) is 0 Å². The molecule has 1 aromatic heterocycles. The molecule has 1 aliphatic heterocycles. The molecule has 2 aromatic rings. The quantitative estimate of drug-likeness (QED) is 0.914. The number of hydrogen-bond acceptors (Lipinski definition) is 3. The summed E-state index contributed by atoms with van der Waals surface area (Å²) in [5.41, 5.74) is 1.11. The number of anilines is 1. The summed E-state index contributed by atoms with van der Waals surface area (Å²) in [4.78, 5) is 15.8. The maximum atomic E-state index is 12.8. The molecule has 120 valence electrons. The van der Waals surface area contributed by atoms with Crippen LogP contribution in [0.25, 0.3) is 0 Å².